The number of rotatable bonds is 1. The van der Waals surface area contributed by atoms with Gasteiger partial charge in [0.1, 0.15) is 0 Å². The molecule has 0 saturated heterocycles. The van der Waals surface area contributed by atoms with E-state index in [2.05, 4.69) is 5.92 Å². The van der Waals surface area contributed by atoms with Gasteiger partial charge in [-0.05, 0) is 24.1 Å². The number of benzene rings is 1. The third-order valence-corrected chi connectivity index (χ3v) is 1.84. The van der Waals surface area contributed by atoms with Crippen LogP contribution in [-0.4, -0.2) is 17.4 Å². The Morgan fingerprint density at radius 2 is 2.00 bits per heavy atom. The molecular formula is C11H5F3O3. The highest BCUT2D eigenvalue weighted by molar-refractivity contribution is 5.91. The summed E-state index contributed by atoms with van der Waals surface area (Å²) in [6.07, 6.45) is -4.42. The lowest BCUT2D eigenvalue weighted by Gasteiger charge is -2.08. The van der Waals surface area contributed by atoms with E-state index in [1.807, 2.05) is 5.92 Å². The number of carboxylic acids is 1. The van der Waals surface area contributed by atoms with Crippen LogP contribution >= 0.6 is 0 Å². The van der Waals surface area contributed by atoms with E-state index in [0.29, 0.717) is 12.1 Å². The van der Waals surface area contributed by atoms with Gasteiger partial charge in [0.2, 0.25) is 0 Å². The zero-order valence-corrected chi connectivity index (χ0v) is 8.21. The lowest BCUT2D eigenvalue weighted by Crippen LogP contribution is -2.08. The first-order valence-corrected chi connectivity index (χ1v) is 4.26. The summed E-state index contributed by atoms with van der Waals surface area (Å²) in [5, 5.41) is 8.72. The average molecular weight is 242 g/mol. The summed E-state index contributed by atoms with van der Waals surface area (Å²) in [6, 6.07) is 2.05. The van der Waals surface area contributed by atoms with Crippen molar-refractivity contribution >= 4 is 12.3 Å². The number of hydrogen-bond acceptors (Lipinski definition) is 2. The predicted molar refractivity (Wildman–Crippen MR) is 51.3 cm³/mol. The van der Waals surface area contributed by atoms with Gasteiger partial charge in [0.25, 0.3) is 0 Å². The number of halogens is 3. The molecule has 0 aromatic heterocycles. The molecule has 1 aromatic carbocycles. The molecule has 0 saturated carbocycles. The van der Waals surface area contributed by atoms with Gasteiger partial charge in [0.05, 0.1) is 11.1 Å². The molecule has 0 aliphatic carbocycles. The minimum Gasteiger partial charge on any atom is -0.478 e. The molecular weight excluding hydrogens is 237 g/mol. The van der Waals surface area contributed by atoms with Crippen LogP contribution in [0, 0.1) is 11.8 Å². The molecule has 0 bridgehead atoms. The van der Waals surface area contributed by atoms with Gasteiger partial charge in [-0.25, -0.2) is 4.79 Å². The monoisotopic (exact) mass is 242 g/mol. The second kappa shape index (κ2) is 4.70. The molecule has 1 N–H and O–H groups in total. The van der Waals surface area contributed by atoms with E-state index < -0.39 is 17.7 Å². The third-order valence-electron chi connectivity index (χ3n) is 1.84. The first kappa shape index (κ1) is 12.8. The van der Waals surface area contributed by atoms with E-state index >= 15 is 0 Å². The number of hydrogen-bond donors (Lipinski definition) is 1. The molecule has 0 fully saturated rings. The molecule has 3 nitrogen and oxygen atoms in total. The quantitative estimate of drug-likeness (QED) is 0.605. The van der Waals surface area contributed by atoms with Crippen molar-refractivity contribution in [2.45, 2.75) is 6.18 Å². The summed E-state index contributed by atoms with van der Waals surface area (Å²) < 4.78 is 37.1. The topological polar surface area (TPSA) is 54.4 Å². The van der Waals surface area contributed by atoms with Crippen molar-refractivity contribution in [1.82, 2.24) is 0 Å². The standard InChI is InChI=1S/C11H5F3O3/c12-11(13,14)8-3-4-9(10(16)17)7(6-8)2-1-5-15/h3-6H,(H,16,17). The smallest absolute Gasteiger partial charge is 0.416 e. The number of aldehydes is 1. The van der Waals surface area contributed by atoms with Gasteiger partial charge in [0.15, 0.2) is 6.29 Å². The molecule has 0 aliphatic heterocycles. The van der Waals surface area contributed by atoms with Gasteiger partial charge in [0, 0.05) is 5.56 Å². The number of carbonyl (C=O) groups excluding carboxylic acids is 1. The molecule has 1 aromatic rings. The van der Waals surface area contributed by atoms with Gasteiger partial charge in [-0.15, -0.1) is 0 Å². The van der Waals surface area contributed by atoms with Crippen LogP contribution < -0.4 is 0 Å². The third kappa shape index (κ3) is 3.08. The van der Waals surface area contributed by atoms with E-state index in [1.54, 1.807) is 0 Å². The highest BCUT2D eigenvalue weighted by atomic mass is 19.4. The summed E-state index contributed by atoms with van der Waals surface area (Å²) in [5.74, 6) is 2.53. The molecule has 0 aliphatic rings. The molecule has 0 spiro atoms. The van der Waals surface area contributed by atoms with Crippen LogP contribution in [0.3, 0.4) is 0 Å². The fourth-order valence-corrected chi connectivity index (χ4v) is 1.12. The van der Waals surface area contributed by atoms with Gasteiger partial charge >= 0.3 is 12.1 Å². The first-order chi connectivity index (χ1) is 7.86. The second-order valence-electron chi connectivity index (χ2n) is 2.95. The maximum Gasteiger partial charge on any atom is 0.416 e. The summed E-state index contributed by atoms with van der Waals surface area (Å²) >= 11 is 0. The number of carboxylic acid groups (broad SMARTS) is 1. The van der Waals surface area contributed by atoms with Crippen LogP contribution in [0.25, 0.3) is 0 Å². The minimum atomic E-state index is -4.59. The Morgan fingerprint density at radius 1 is 1.35 bits per heavy atom. The second-order valence-corrected chi connectivity index (χ2v) is 2.95. The lowest BCUT2D eigenvalue weighted by atomic mass is 10.0. The molecule has 17 heavy (non-hydrogen) atoms. The fourth-order valence-electron chi connectivity index (χ4n) is 1.12. The van der Waals surface area contributed by atoms with E-state index in [0.717, 1.165) is 6.07 Å². The lowest BCUT2D eigenvalue weighted by molar-refractivity contribution is -0.137. The Morgan fingerprint density at radius 3 is 2.47 bits per heavy atom. The largest absolute Gasteiger partial charge is 0.478 e. The van der Waals surface area contributed by atoms with Crippen LogP contribution in [0.4, 0.5) is 13.2 Å². The Hall–Kier alpha value is -2.29. The first-order valence-electron chi connectivity index (χ1n) is 4.26. The van der Waals surface area contributed by atoms with Crippen LogP contribution in [0.1, 0.15) is 21.5 Å². The van der Waals surface area contributed by atoms with Crippen LogP contribution in [-0.2, 0) is 11.0 Å². The van der Waals surface area contributed by atoms with Gasteiger partial charge in [-0.2, -0.15) is 13.2 Å². The van der Waals surface area contributed by atoms with E-state index in [4.69, 9.17) is 5.11 Å². The maximum atomic E-state index is 12.4. The molecule has 0 heterocycles. The Kier molecular flexibility index (Phi) is 3.53. The maximum absolute atomic E-state index is 12.4. The molecule has 0 atom stereocenters. The zero-order chi connectivity index (χ0) is 13.1. The molecule has 6 heteroatoms. The SMILES string of the molecule is O=CC#Cc1cc(C(F)(F)F)ccc1C(=O)O. The van der Waals surface area contributed by atoms with Crippen molar-refractivity contribution in [2.24, 2.45) is 0 Å². The van der Waals surface area contributed by atoms with Gasteiger partial charge in [-0.3, -0.25) is 4.79 Å². The fraction of sp³-hybridized carbons (Fsp3) is 0.0909. The van der Waals surface area contributed by atoms with Crippen LogP contribution in [0.15, 0.2) is 18.2 Å². The summed E-state index contributed by atoms with van der Waals surface area (Å²) in [4.78, 5) is 20.7. The Labute approximate surface area is 93.9 Å². The molecule has 88 valence electrons. The van der Waals surface area contributed by atoms with Crippen molar-refractivity contribution in [3.8, 4) is 11.8 Å². The summed E-state index contributed by atoms with van der Waals surface area (Å²) in [6.45, 7) is 0. The van der Waals surface area contributed by atoms with Crippen LogP contribution in [0.2, 0.25) is 0 Å². The van der Waals surface area contributed by atoms with E-state index in [-0.39, 0.29) is 17.4 Å². The van der Waals surface area contributed by atoms with Crippen molar-refractivity contribution in [1.29, 1.82) is 0 Å². The predicted octanol–water partition coefficient (Wildman–Crippen LogP) is 1.95. The zero-order valence-electron chi connectivity index (χ0n) is 8.21. The molecule has 0 unspecified atom stereocenters. The Balaban J connectivity index is 3.39. The van der Waals surface area contributed by atoms with Crippen LogP contribution in [0.5, 0.6) is 0 Å². The average Bonchev–Trinajstić information content (AvgIpc) is 2.24. The summed E-state index contributed by atoms with van der Waals surface area (Å²) in [5.41, 5.74) is -1.75. The summed E-state index contributed by atoms with van der Waals surface area (Å²) in [7, 11) is 0. The normalized spacial score (nSPS) is 10.3. The molecule has 0 radical (unpaired) electrons. The highest BCUT2D eigenvalue weighted by Gasteiger charge is 2.31. The van der Waals surface area contributed by atoms with Crippen molar-refractivity contribution < 1.29 is 27.9 Å². The molecule has 0 amide bonds. The number of carbonyl (C=O) groups is 2. The number of alkyl halides is 3. The van der Waals surface area contributed by atoms with Crippen molar-refractivity contribution in [3.63, 3.8) is 0 Å². The Bertz CT molecular complexity index is 521. The van der Waals surface area contributed by atoms with Crippen molar-refractivity contribution in [3.05, 3.63) is 34.9 Å². The van der Waals surface area contributed by atoms with Gasteiger partial charge in [-0.1, -0.05) is 5.92 Å². The van der Waals surface area contributed by atoms with E-state index in [9.17, 15) is 22.8 Å². The minimum absolute atomic E-state index is 0.173. The molecule has 1 rings (SSSR count). The van der Waals surface area contributed by atoms with Crippen molar-refractivity contribution in [2.75, 3.05) is 0 Å². The van der Waals surface area contributed by atoms with Gasteiger partial charge < -0.3 is 5.11 Å². The number of aromatic carboxylic acids is 1. The van der Waals surface area contributed by atoms with E-state index in [1.165, 1.54) is 0 Å². The highest BCUT2D eigenvalue weighted by Crippen LogP contribution is 2.30.